The molecule has 5 amide bonds. The maximum absolute atomic E-state index is 14.2. The maximum atomic E-state index is 14.2. The Morgan fingerprint density at radius 2 is 1.48 bits per heavy atom. The monoisotopic (exact) mass is 709 g/mol. The number of hydrogen-bond acceptors (Lipinski definition) is 9. The summed E-state index contributed by atoms with van der Waals surface area (Å²) in [4.78, 5) is 71.1. The van der Waals surface area contributed by atoms with Gasteiger partial charge in [0.25, 0.3) is 0 Å². The number of nitrogens with two attached hydrogens (primary N) is 2. The fourth-order valence-electron chi connectivity index (χ4n) is 6.94. The van der Waals surface area contributed by atoms with Crippen molar-refractivity contribution in [2.24, 2.45) is 29.2 Å². The van der Waals surface area contributed by atoms with Crippen LogP contribution < -0.4 is 38.1 Å². The second kappa shape index (κ2) is 22.9. The van der Waals surface area contributed by atoms with Gasteiger partial charge in [-0.05, 0) is 44.4 Å². The van der Waals surface area contributed by atoms with Gasteiger partial charge in [-0.3, -0.25) is 24.0 Å². The summed E-state index contributed by atoms with van der Waals surface area (Å²) in [5.41, 5.74) is 11.7. The molecule has 1 aliphatic heterocycles. The van der Waals surface area contributed by atoms with Gasteiger partial charge in [0.05, 0.1) is 12.0 Å². The third kappa shape index (κ3) is 14.1. The highest BCUT2D eigenvalue weighted by Crippen LogP contribution is 2.27. The van der Waals surface area contributed by atoms with E-state index >= 15 is 0 Å². The molecule has 0 aromatic heterocycles. The number of likely N-dealkylation sites (N-methyl/N-ethyl adjacent to an activating group) is 1. The molecule has 1 saturated heterocycles. The number of ether oxygens (including phenoxy) is 1. The lowest BCUT2D eigenvalue weighted by atomic mass is 9.90. The highest BCUT2D eigenvalue weighted by atomic mass is 16.5. The quantitative estimate of drug-likeness (QED) is 0.108. The van der Waals surface area contributed by atoms with E-state index in [4.69, 9.17) is 16.2 Å². The Hall–Kier alpha value is -2.81. The normalized spacial score (nSPS) is 29.0. The average molecular weight is 709 g/mol. The van der Waals surface area contributed by atoms with Gasteiger partial charge in [-0.15, -0.1) is 0 Å². The molecule has 9 N–H and O–H groups in total. The first-order valence-corrected chi connectivity index (χ1v) is 19.1. The van der Waals surface area contributed by atoms with Crippen LogP contribution in [0, 0.1) is 17.8 Å². The zero-order chi connectivity index (χ0) is 37.2. The Morgan fingerprint density at radius 3 is 2.08 bits per heavy atom. The Kier molecular flexibility index (Phi) is 19.8. The van der Waals surface area contributed by atoms with Crippen molar-refractivity contribution in [3.05, 3.63) is 0 Å². The van der Waals surface area contributed by atoms with Crippen LogP contribution in [0.15, 0.2) is 0 Å². The first kappa shape index (κ1) is 43.4. The summed E-state index contributed by atoms with van der Waals surface area (Å²) in [6, 6.07) is -3.96. The van der Waals surface area contributed by atoms with Gasteiger partial charge in [-0.1, -0.05) is 79.1 Å². The minimum absolute atomic E-state index is 0.0743. The van der Waals surface area contributed by atoms with Gasteiger partial charge in [-0.25, -0.2) is 0 Å². The number of amides is 5. The van der Waals surface area contributed by atoms with E-state index in [2.05, 4.69) is 33.5 Å². The number of unbranched alkanes of at least 4 members (excludes halogenated alkanes) is 3. The third-order valence-electron chi connectivity index (χ3n) is 9.95. The van der Waals surface area contributed by atoms with Crippen LogP contribution in [0.5, 0.6) is 0 Å². The molecule has 7 atom stereocenters. The Morgan fingerprint density at radius 1 is 0.840 bits per heavy atom. The summed E-state index contributed by atoms with van der Waals surface area (Å²) in [5.74, 6) is -3.01. The molecule has 14 nitrogen and oxygen atoms in total. The SMILES string of the molecule is CCCCCC[C@H]1O[C@@H](C)NC(=O)[C@H](CNCCN)NC(=O)[C@H](CN)NC(=O)[C@H](C2CCCCCC2)NC(=O)[C@H](CC(C)C)N(C)C(=O)[C@@H]1C. The molecule has 0 spiro atoms. The van der Waals surface area contributed by atoms with Crippen LogP contribution in [-0.2, 0) is 28.7 Å². The molecule has 2 fully saturated rings. The van der Waals surface area contributed by atoms with E-state index in [0.29, 0.717) is 25.9 Å². The Bertz CT molecular complexity index is 1070. The van der Waals surface area contributed by atoms with E-state index in [1.807, 2.05) is 13.8 Å². The third-order valence-corrected chi connectivity index (χ3v) is 9.95. The van der Waals surface area contributed by atoms with E-state index in [0.717, 1.165) is 64.2 Å². The van der Waals surface area contributed by atoms with E-state index in [1.54, 1.807) is 20.9 Å². The first-order valence-electron chi connectivity index (χ1n) is 19.1. The molecule has 1 heterocycles. The molecule has 1 saturated carbocycles. The second-order valence-electron chi connectivity index (χ2n) is 14.6. The number of nitrogens with zero attached hydrogens (tertiary/aromatic N) is 1. The largest absolute Gasteiger partial charge is 0.355 e. The maximum Gasteiger partial charge on any atom is 0.245 e. The van der Waals surface area contributed by atoms with Gasteiger partial charge in [0, 0.05) is 33.2 Å². The molecule has 0 aromatic rings. The fraction of sp³-hybridized carbons (Fsp3) is 0.861. The molecule has 0 bridgehead atoms. The minimum Gasteiger partial charge on any atom is -0.355 e. The van der Waals surface area contributed by atoms with E-state index in [1.165, 1.54) is 4.90 Å². The summed E-state index contributed by atoms with van der Waals surface area (Å²) in [6.45, 7) is 10.2. The van der Waals surface area contributed by atoms with Gasteiger partial charge in [-0.2, -0.15) is 0 Å². The van der Waals surface area contributed by atoms with Crippen molar-refractivity contribution < 1.29 is 28.7 Å². The van der Waals surface area contributed by atoms with Crippen LogP contribution in [0.2, 0.25) is 0 Å². The number of rotatable bonds is 13. The van der Waals surface area contributed by atoms with Crippen LogP contribution >= 0.6 is 0 Å². The minimum atomic E-state index is -1.16. The summed E-state index contributed by atoms with van der Waals surface area (Å²) in [6.07, 6.45) is 8.93. The van der Waals surface area contributed by atoms with Crippen LogP contribution in [0.3, 0.4) is 0 Å². The van der Waals surface area contributed by atoms with Crippen molar-refractivity contribution in [1.29, 1.82) is 0 Å². The number of carbonyl (C=O) groups is 5. The highest BCUT2D eigenvalue weighted by molar-refractivity contribution is 5.96. The van der Waals surface area contributed by atoms with Crippen molar-refractivity contribution in [1.82, 2.24) is 31.5 Å². The number of nitrogens with one attached hydrogen (secondary N) is 5. The molecule has 1 aliphatic carbocycles. The first-order chi connectivity index (χ1) is 23.8. The van der Waals surface area contributed by atoms with Crippen LogP contribution in [0.4, 0.5) is 0 Å². The molecule has 0 aromatic carbocycles. The van der Waals surface area contributed by atoms with Crippen molar-refractivity contribution >= 4 is 29.5 Å². The summed E-state index contributed by atoms with van der Waals surface area (Å²) < 4.78 is 6.38. The zero-order valence-electron chi connectivity index (χ0n) is 31.6. The lowest BCUT2D eigenvalue weighted by molar-refractivity contribution is -0.150. The zero-order valence-corrected chi connectivity index (χ0v) is 31.6. The lowest BCUT2D eigenvalue weighted by Crippen LogP contribution is -2.63. The Balaban J connectivity index is 2.58. The molecule has 50 heavy (non-hydrogen) atoms. The van der Waals surface area contributed by atoms with Gasteiger partial charge in [0.1, 0.15) is 30.4 Å². The summed E-state index contributed by atoms with van der Waals surface area (Å²) in [5, 5.41) is 14.5. The van der Waals surface area contributed by atoms with Crippen molar-refractivity contribution in [2.75, 3.05) is 33.2 Å². The van der Waals surface area contributed by atoms with Crippen LogP contribution in [0.25, 0.3) is 0 Å². The predicted octanol–water partition coefficient (Wildman–Crippen LogP) is 1.26. The second-order valence-corrected chi connectivity index (χ2v) is 14.6. The Labute approximate surface area is 300 Å². The van der Waals surface area contributed by atoms with E-state index < -0.39 is 66.0 Å². The van der Waals surface area contributed by atoms with E-state index in [-0.39, 0.29) is 30.8 Å². The molecule has 14 heteroatoms. The van der Waals surface area contributed by atoms with Gasteiger partial charge in [0.2, 0.25) is 29.5 Å². The topological polar surface area (TPSA) is 210 Å². The molecular formula is C36H68N8O6. The number of hydrogen-bond donors (Lipinski definition) is 7. The molecule has 2 rings (SSSR count). The van der Waals surface area contributed by atoms with Gasteiger partial charge in [0.15, 0.2) is 0 Å². The molecule has 288 valence electrons. The smallest absolute Gasteiger partial charge is 0.245 e. The lowest BCUT2D eigenvalue weighted by Gasteiger charge is -2.36. The van der Waals surface area contributed by atoms with Crippen molar-refractivity contribution in [3.63, 3.8) is 0 Å². The standard InChI is InChI=1S/C36H68N8O6/c1-7-8-9-14-17-30-24(4)36(49)44(6)29(20-23(2)3)34(47)43-31(26-15-12-10-11-13-16-26)35(48)41-27(21-38)32(45)42-28(22-39-19-18-37)33(46)40-25(5)50-30/h23-31,39H,7-22,37-38H2,1-6H3,(H,40,46)(H,41,48)(H,42,45)(H,43,47)/t24-,25+,27+,28+,29+,30-,31+/m1/s1. The summed E-state index contributed by atoms with van der Waals surface area (Å²) >= 11 is 0. The summed E-state index contributed by atoms with van der Waals surface area (Å²) in [7, 11) is 1.64. The average Bonchev–Trinajstić information content (AvgIpc) is 3.37. The number of carbonyl (C=O) groups excluding carboxylic acids is 5. The molecule has 2 aliphatic rings. The van der Waals surface area contributed by atoms with Gasteiger partial charge < -0.3 is 47.7 Å². The van der Waals surface area contributed by atoms with Crippen molar-refractivity contribution in [3.8, 4) is 0 Å². The van der Waals surface area contributed by atoms with Crippen LogP contribution in [-0.4, -0.2) is 104 Å². The predicted molar refractivity (Wildman–Crippen MR) is 194 cm³/mol. The highest BCUT2D eigenvalue weighted by Gasteiger charge is 2.39. The fourth-order valence-corrected chi connectivity index (χ4v) is 6.94. The van der Waals surface area contributed by atoms with Gasteiger partial charge >= 0.3 is 0 Å². The molecule has 0 unspecified atom stereocenters. The van der Waals surface area contributed by atoms with Crippen LogP contribution in [0.1, 0.15) is 112 Å². The van der Waals surface area contributed by atoms with Crippen molar-refractivity contribution in [2.45, 2.75) is 148 Å². The molecule has 0 radical (unpaired) electrons. The molecular weight excluding hydrogens is 640 g/mol. The van der Waals surface area contributed by atoms with E-state index in [9.17, 15) is 24.0 Å².